The topological polar surface area (TPSA) is 43.9 Å². The third kappa shape index (κ3) is 4.42. The van der Waals surface area contributed by atoms with E-state index in [4.69, 9.17) is 14.4 Å². The van der Waals surface area contributed by atoms with Crippen LogP contribution in [0.5, 0.6) is 0 Å². The normalized spacial score (nSPS) is 13.2. The van der Waals surface area contributed by atoms with Crippen molar-refractivity contribution in [3.05, 3.63) is 175 Å². The highest BCUT2D eigenvalue weighted by atomic mass is 16.3. The zero-order valence-electron chi connectivity index (χ0n) is 29.3. The van der Waals surface area contributed by atoms with Crippen molar-refractivity contribution in [1.29, 1.82) is 0 Å². The van der Waals surface area contributed by atoms with Crippen molar-refractivity contribution in [1.82, 2.24) is 14.5 Å². The minimum Gasteiger partial charge on any atom is -0.455 e. The Bertz CT molecular complexity index is 3020. The van der Waals surface area contributed by atoms with Crippen molar-refractivity contribution < 1.29 is 4.42 Å². The van der Waals surface area contributed by atoms with Crippen LogP contribution in [0.3, 0.4) is 0 Å². The van der Waals surface area contributed by atoms with Crippen LogP contribution in [0, 0.1) is 0 Å². The minimum absolute atomic E-state index is 0.218. The molecule has 0 spiro atoms. The second kappa shape index (κ2) is 11.1. The molecular formula is C49H33N3O. The van der Waals surface area contributed by atoms with Crippen molar-refractivity contribution in [3.8, 4) is 50.7 Å². The van der Waals surface area contributed by atoms with Crippen LogP contribution < -0.4 is 0 Å². The van der Waals surface area contributed by atoms with Gasteiger partial charge in [0.2, 0.25) is 5.95 Å². The molecular weight excluding hydrogens is 647 g/mol. The highest BCUT2D eigenvalue weighted by Gasteiger charge is 2.37. The first-order valence-corrected chi connectivity index (χ1v) is 18.2. The Hall–Kier alpha value is -6.78. The maximum absolute atomic E-state index is 6.47. The van der Waals surface area contributed by atoms with E-state index in [1.54, 1.807) is 0 Å². The first-order chi connectivity index (χ1) is 26.0. The summed E-state index contributed by atoms with van der Waals surface area (Å²) >= 11 is 0. The Labute approximate surface area is 306 Å². The summed E-state index contributed by atoms with van der Waals surface area (Å²) in [5.41, 5.74) is 15.1. The van der Waals surface area contributed by atoms with Gasteiger partial charge in [-0.15, -0.1) is 0 Å². The lowest BCUT2D eigenvalue weighted by atomic mass is 9.81. The van der Waals surface area contributed by atoms with Gasteiger partial charge >= 0.3 is 0 Å². The summed E-state index contributed by atoms with van der Waals surface area (Å²) in [6, 6.07) is 58.0. The quantitative estimate of drug-likeness (QED) is 0.186. The predicted octanol–water partition coefficient (Wildman–Crippen LogP) is 12.8. The predicted molar refractivity (Wildman–Crippen MR) is 218 cm³/mol. The van der Waals surface area contributed by atoms with Crippen LogP contribution in [0.25, 0.3) is 94.5 Å². The van der Waals surface area contributed by atoms with Gasteiger partial charge in [0.1, 0.15) is 11.2 Å². The molecule has 1 aliphatic rings. The summed E-state index contributed by atoms with van der Waals surface area (Å²) in [4.78, 5) is 10.5. The van der Waals surface area contributed by atoms with E-state index in [1.807, 2.05) is 24.3 Å². The molecule has 0 aliphatic heterocycles. The van der Waals surface area contributed by atoms with E-state index in [0.29, 0.717) is 5.95 Å². The fourth-order valence-corrected chi connectivity index (χ4v) is 8.60. The van der Waals surface area contributed by atoms with E-state index in [0.717, 1.165) is 66.6 Å². The third-order valence-corrected chi connectivity index (χ3v) is 11.2. The number of hydrogen-bond acceptors (Lipinski definition) is 3. The molecule has 4 nitrogen and oxygen atoms in total. The number of para-hydroxylation sites is 3. The van der Waals surface area contributed by atoms with Crippen molar-refractivity contribution in [3.63, 3.8) is 0 Å². The van der Waals surface area contributed by atoms with Gasteiger partial charge in [-0.25, -0.2) is 9.97 Å². The van der Waals surface area contributed by atoms with Crippen LogP contribution in [0.15, 0.2) is 168 Å². The van der Waals surface area contributed by atoms with Gasteiger partial charge in [0, 0.05) is 43.7 Å². The molecule has 3 heterocycles. The minimum atomic E-state index is -0.218. The molecule has 0 radical (unpaired) electrons. The molecule has 11 rings (SSSR count). The maximum Gasteiger partial charge on any atom is 0.235 e. The number of aromatic nitrogens is 3. The van der Waals surface area contributed by atoms with E-state index < -0.39 is 0 Å². The van der Waals surface area contributed by atoms with Crippen LogP contribution >= 0.6 is 0 Å². The molecule has 10 aromatic rings. The molecule has 250 valence electrons. The third-order valence-electron chi connectivity index (χ3n) is 11.2. The van der Waals surface area contributed by atoms with E-state index in [1.165, 1.54) is 33.0 Å². The van der Waals surface area contributed by atoms with Crippen LogP contribution in [-0.4, -0.2) is 14.5 Å². The molecule has 0 bridgehead atoms. The zero-order chi connectivity index (χ0) is 35.3. The van der Waals surface area contributed by atoms with E-state index in [2.05, 4.69) is 158 Å². The van der Waals surface area contributed by atoms with Gasteiger partial charge in [-0.1, -0.05) is 141 Å². The first-order valence-electron chi connectivity index (χ1n) is 18.2. The molecule has 0 saturated carbocycles. The Kier molecular flexibility index (Phi) is 6.27. The van der Waals surface area contributed by atoms with Crippen LogP contribution in [0.1, 0.15) is 25.0 Å². The maximum atomic E-state index is 6.47. The van der Waals surface area contributed by atoms with Gasteiger partial charge in [-0.3, -0.25) is 4.57 Å². The molecule has 53 heavy (non-hydrogen) atoms. The summed E-state index contributed by atoms with van der Waals surface area (Å²) in [6.45, 7) is 4.71. The lowest BCUT2D eigenvalue weighted by molar-refractivity contribution is 0.661. The number of nitrogens with zero attached hydrogens (tertiary/aromatic N) is 3. The Morgan fingerprint density at radius 3 is 1.85 bits per heavy atom. The first kappa shape index (κ1) is 29.9. The van der Waals surface area contributed by atoms with Gasteiger partial charge in [0.05, 0.1) is 22.4 Å². The fraction of sp³-hybridized carbons (Fsp3) is 0.0612. The molecule has 0 fully saturated rings. The molecule has 0 atom stereocenters. The van der Waals surface area contributed by atoms with Crippen molar-refractivity contribution >= 4 is 43.7 Å². The number of rotatable bonds is 4. The largest absolute Gasteiger partial charge is 0.455 e. The number of furan rings is 1. The standard InChI is InChI=1S/C49H33N3O/c1-49(2)40-26-32(33-20-13-21-37-36-19-10-12-23-46(36)53-47(33)37)24-25-34(40)38-28-45-39(27-41(38)49)35-18-9-11-22-44(35)52(45)48-50-42(30-14-5-3-6-15-30)29-43(51-48)31-16-7-4-8-17-31/h3-29H,1-2H3. The summed E-state index contributed by atoms with van der Waals surface area (Å²) in [6.07, 6.45) is 0. The van der Waals surface area contributed by atoms with E-state index in [9.17, 15) is 0 Å². The summed E-state index contributed by atoms with van der Waals surface area (Å²) in [5.74, 6) is 0.656. The monoisotopic (exact) mass is 679 g/mol. The highest BCUT2D eigenvalue weighted by molar-refractivity contribution is 6.12. The van der Waals surface area contributed by atoms with E-state index in [-0.39, 0.29) is 5.41 Å². The molecule has 1 aliphatic carbocycles. The molecule has 3 aromatic heterocycles. The second-order valence-electron chi connectivity index (χ2n) is 14.6. The number of benzene rings is 7. The van der Waals surface area contributed by atoms with Crippen molar-refractivity contribution in [2.24, 2.45) is 0 Å². The number of hydrogen-bond donors (Lipinski definition) is 0. The summed E-state index contributed by atoms with van der Waals surface area (Å²) in [5, 5.41) is 4.67. The SMILES string of the molecule is CC1(C)c2cc(-c3cccc4c3oc3ccccc34)ccc2-c2cc3c(cc21)c1ccccc1n3-c1nc(-c2ccccc2)cc(-c2ccccc2)n1. The highest BCUT2D eigenvalue weighted by Crippen LogP contribution is 2.52. The molecule has 0 saturated heterocycles. The Balaban J connectivity index is 1.13. The van der Waals surface area contributed by atoms with Crippen molar-refractivity contribution in [2.75, 3.05) is 0 Å². The Morgan fingerprint density at radius 2 is 1.09 bits per heavy atom. The summed E-state index contributed by atoms with van der Waals surface area (Å²) in [7, 11) is 0. The zero-order valence-corrected chi connectivity index (χ0v) is 29.3. The smallest absolute Gasteiger partial charge is 0.235 e. The lowest BCUT2D eigenvalue weighted by Gasteiger charge is -2.22. The molecule has 0 N–H and O–H groups in total. The number of fused-ring (bicyclic) bond motifs is 9. The average Bonchev–Trinajstić information content (AvgIpc) is 3.83. The van der Waals surface area contributed by atoms with Crippen LogP contribution in [0.2, 0.25) is 0 Å². The lowest BCUT2D eigenvalue weighted by Crippen LogP contribution is -2.15. The van der Waals surface area contributed by atoms with Gasteiger partial charge < -0.3 is 4.42 Å². The van der Waals surface area contributed by atoms with Gasteiger partial charge in [-0.05, 0) is 64.2 Å². The molecule has 7 aromatic carbocycles. The van der Waals surface area contributed by atoms with Gasteiger partial charge in [-0.2, -0.15) is 0 Å². The van der Waals surface area contributed by atoms with Crippen LogP contribution in [0.4, 0.5) is 0 Å². The van der Waals surface area contributed by atoms with E-state index >= 15 is 0 Å². The molecule has 4 heteroatoms. The van der Waals surface area contributed by atoms with Crippen molar-refractivity contribution in [2.45, 2.75) is 19.3 Å². The molecule has 0 unspecified atom stereocenters. The second-order valence-corrected chi connectivity index (χ2v) is 14.6. The summed E-state index contributed by atoms with van der Waals surface area (Å²) < 4.78 is 8.72. The fourth-order valence-electron chi connectivity index (χ4n) is 8.60. The van der Waals surface area contributed by atoms with Gasteiger partial charge in [0.25, 0.3) is 0 Å². The van der Waals surface area contributed by atoms with Crippen LogP contribution in [-0.2, 0) is 5.41 Å². The average molecular weight is 680 g/mol. The van der Waals surface area contributed by atoms with Gasteiger partial charge in [0.15, 0.2) is 0 Å². The molecule has 0 amide bonds. The Morgan fingerprint density at radius 1 is 0.453 bits per heavy atom.